The molecule has 2 unspecified atom stereocenters. The molecular formula is C17H23N3O5S. The van der Waals surface area contributed by atoms with Crippen LogP contribution in [0.5, 0.6) is 0 Å². The lowest BCUT2D eigenvalue weighted by Gasteiger charge is -2.22. The highest BCUT2D eigenvalue weighted by molar-refractivity contribution is 7.89. The van der Waals surface area contributed by atoms with Crippen LogP contribution in [-0.4, -0.2) is 38.5 Å². The average Bonchev–Trinajstić information content (AvgIpc) is 2.76. The molecule has 1 amide bonds. The minimum Gasteiger partial charge on any atom is -0.298 e. The van der Waals surface area contributed by atoms with Crippen molar-refractivity contribution in [2.75, 3.05) is 6.54 Å². The Balaban J connectivity index is 2.15. The Labute approximate surface area is 152 Å². The minimum absolute atomic E-state index is 0.0626. The van der Waals surface area contributed by atoms with E-state index >= 15 is 0 Å². The molecule has 0 spiro atoms. The molecular weight excluding hydrogens is 358 g/mol. The summed E-state index contributed by atoms with van der Waals surface area (Å²) < 4.78 is 27.5. The van der Waals surface area contributed by atoms with Crippen LogP contribution in [-0.2, 0) is 24.4 Å². The first-order chi connectivity index (χ1) is 12.2. The summed E-state index contributed by atoms with van der Waals surface area (Å²) in [5.41, 5.74) is 4.85. The van der Waals surface area contributed by atoms with E-state index in [4.69, 9.17) is 0 Å². The van der Waals surface area contributed by atoms with Crippen LogP contribution in [0.1, 0.15) is 26.7 Å². The predicted octanol–water partition coefficient (Wildman–Crippen LogP) is 0.159. The number of hydrogen-bond donors (Lipinski definition) is 3. The molecule has 1 aromatic rings. The molecule has 1 fully saturated rings. The second kappa shape index (κ2) is 8.52. The third kappa shape index (κ3) is 4.96. The molecule has 0 aliphatic carbocycles. The summed E-state index contributed by atoms with van der Waals surface area (Å²) >= 11 is 0. The highest BCUT2D eigenvalue weighted by atomic mass is 32.2. The lowest BCUT2D eigenvalue weighted by Crippen LogP contribution is -2.45. The Morgan fingerprint density at radius 1 is 1.23 bits per heavy atom. The number of hydrogen-bond acceptors (Lipinski definition) is 6. The van der Waals surface area contributed by atoms with E-state index in [9.17, 15) is 22.8 Å². The summed E-state index contributed by atoms with van der Waals surface area (Å²) in [4.78, 5) is 36.4. The fourth-order valence-corrected chi connectivity index (χ4v) is 4.13. The Morgan fingerprint density at radius 2 is 1.88 bits per heavy atom. The average molecular weight is 381 g/mol. The smallest absolute Gasteiger partial charge is 0.298 e. The van der Waals surface area contributed by atoms with Crippen molar-refractivity contribution in [3.63, 3.8) is 0 Å². The molecule has 0 saturated carbocycles. The van der Waals surface area contributed by atoms with Gasteiger partial charge in [-0.15, -0.1) is 0 Å². The maximum atomic E-state index is 12.7. The number of carbonyl (C=O) groups excluding carboxylic acids is 3. The van der Waals surface area contributed by atoms with Gasteiger partial charge in [0.05, 0.1) is 10.9 Å². The van der Waals surface area contributed by atoms with Gasteiger partial charge in [0.1, 0.15) is 0 Å². The van der Waals surface area contributed by atoms with Gasteiger partial charge in [0.25, 0.3) is 0 Å². The van der Waals surface area contributed by atoms with Gasteiger partial charge in [-0.1, -0.05) is 32.0 Å². The number of benzene rings is 1. The number of hydrazine groups is 1. The molecule has 142 valence electrons. The van der Waals surface area contributed by atoms with Crippen molar-refractivity contribution in [2.45, 2.75) is 37.6 Å². The SMILES string of the molecule is CC(C)C(NS(=O)(=O)c1ccccc1)C(=O)CC1CCNNC(=O)C1=O. The normalized spacial score (nSPS) is 19.7. The van der Waals surface area contributed by atoms with E-state index in [1.807, 2.05) is 0 Å². The van der Waals surface area contributed by atoms with Crippen molar-refractivity contribution in [3.05, 3.63) is 30.3 Å². The van der Waals surface area contributed by atoms with Gasteiger partial charge < -0.3 is 0 Å². The van der Waals surface area contributed by atoms with E-state index < -0.39 is 39.5 Å². The zero-order chi connectivity index (χ0) is 19.3. The zero-order valence-corrected chi connectivity index (χ0v) is 15.5. The van der Waals surface area contributed by atoms with Crippen molar-refractivity contribution in [1.82, 2.24) is 15.6 Å². The van der Waals surface area contributed by atoms with Crippen LogP contribution in [0.2, 0.25) is 0 Å². The number of Topliss-reactive ketones (excluding diaryl/α,β-unsaturated/α-hetero) is 2. The maximum absolute atomic E-state index is 12.7. The van der Waals surface area contributed by atoms with Gasteiger partial charge in [0, 0.05) is 18.9 Å². The summed E-state index contributed by atoms with van der Waals surface area (Å²) in [6, 6.07) is 6.78. The lowest BCUT2D eigenvalue weighted by atomic mass is 9.89. The van der Waals surface area contributed by atoms with Crippen LogP contribution in [0.15, 0.2) is 35.2 Å². The Bertz CT molecular complexity index is 777. The number of ketones is 2. The summed E-state index contributed by atoms with van der Waals surface area (Å²) in [7, 11) is -3.87. The van der Waals surface area contributed by atoms with Crippen molar-refractivity contribution < 1.29 is 22.8 Å². The second-order valence-corrected chi connectivity index (χ2v) is 8.27. The Hall–Kier alpha value is -2.10. The topological polar surface area (TPSA) is 121 Å². The zero-order valence-electron chi connectivity index (χ0n) is 14.7. The molecule has 1 heterocycles. The van der Waals surface area contributed by atoms with Crippen molar-refractivity contribution in [3.8, 4) is 0 Å². The summed E-state index contributed by atoms with van der Waals surface area (Å²) in [5, 5.41) is 0. The van der Waals surface area contributed by atoms with Crippen molar-refractivity contribution >= 4 is 27.5 Å². The molecule has 2 atom stereocenters. The molecule has 1 saturated heterocycles. The standard InChI is InChI=1S/C17H23N3O5S/c1-11(2)15(20-26(24,25)13-6-4-3-5-7-13)14(21)10-12-8-9-18-19-17(23)16(12)22/h3-7,11-12,15,18,20H,8-10H2,1-2H3,(H,19,23). The minimum atomic E-state index is -3.87. The molecule has 3 N–H and O–H groups in total. The van der Waals surface area contributed by atoms with Crippen LogP contribution in [0.4, 0.5) is 0 Å². The Kier molecular flexibility index (Phi) is 6.63. The molecule has 0 radical (unpaired) electrons. The number of rotatable bonds is 7. The van der Waals surface area contributed by atoms with Crippen LogP contribution in [0, 0.1) is 11.8 Å². The van der Waals surface area contributed by atoms with Gasteiger partial charge in [-0.3, -0.25) is 19.8 Å². The largest absolute Gasteiger partial charge is 0.301 e. The molecule has 0 bridgehead atoms. The maximum Gasteiger partial charge on any atom is 0.301 e. The van der Waals surface area contributed by atoms with Crippen molar-refractivity contribution in [2.24, 2.45) is 11.8 Å². The molecule has 8 nitrogen and oxygen atoms in total. The fourth-order valence-electron chi connectivity index (χ4n) is 2.74. The van der Waals surface area contributed by atoms with Gasteiger partial charge in [-0.2, -0.15) is 0 Å². The first kappa shape index (κ1) is 20.2. The lowest BCUT2D eigenvalue weighted by molar-refractivity contribution is -0.141. The fraction of sp³-hybridized carbons (Fsp3) is 0.471. The van der Waals surface area contributed by atoms with E-state index in [1.54, 1.807) is 32.0 Å². The van der Waals surface area contributed by atoms with E-state index in [2.05, 4.69) is 15.6 Å². The highest BCUT2D eigenvalue weighted by Crippen LogP contribution is 2.18. The van der Waals surface area contributed by atoms with Crippen LogP contribution < -0.4 is 15.6 Å². The van der Waals surface area contributed by atoms with E-state index in [1.165, 1.54) is 12.1 Å². The van der Waals surface area contributed by atoms with E-state index in [-0.39, 0.29) is 17.2 Å². The van der Waals surface area contributed by atoms with Gasteiger partial charge in [-0.25, -0.2) is 18.6 Å². The number of nitrogens with one attached hydrogen (secondary N) is 3. The summed E-state index contributed by atoms with van der Waals surface area (Å²) in [6.45, 7) is 3.80. The molecule has 1 aliphatic rings. The molecule has 9 heteroatoms. The van der Waals surface area contributed by atoms with E-state index in [0.29, 0.717) is 13.0 Å². The number of carbonyl (C=O) groups is 3. The van der Waals surface area contributed by atoms with Gasteiger partial charge in [-0.05, 0) is 24.5 Å². The predicted molar refractivity (Wildman–Crippen MR) is 94.3 cm³/mol. The second-order valence-electron chi connectivity index (χ2n) is 6.56. The third-order valence-corrected chi connectivity index (χ3v) is 5.67. The third-order valence-electron chi connectivity index (χ3n) is 4.21. The van der Waals surface area contributed by atoms with Gasteiger partial charge in [0.2, 0.25) is 15.8 Å². The summed E-state index contributed by atoms with van der Waals surface area (Å²) in [6.07, 6.45) is 0.133. The van der Waals surface area contributed by atoms with Crippen LogP contribution in [0.3, 0.4) is 0 Å². The van der Waals surface area contributed by atoms with E-state index in [0.717, 1.165) is 0 Å². The quantitative estimate of drug-likeness (QED) is 0.579. The first-order valence-corrected chi connectivity index (χ1v) is 9.88. The monoisotopic (exact) mass is 381 g/mol. The van der Waals surface area contributed by atoms with Gasteiger partial charge >= 0.3 is 5.91 Å². The molecule has 0 aromatic heterocycles. The Morgan fingerprint density at radius 3 is 2.50 bits per heavy atom. The first-order valence-electron chi connectivity index (χ1n) is 8.39. The molecule has 1 aliphatic heterocycles. The van der Waals surface area contributed by atoms with Crippen LogP contribution >= 0.6 is 0 Å². The molecule has 1 aromatic carbocycles. The molecule has 2 rings (SSSR count). The number of sulfonamides is 1. The van der Waals surface area contributed by atoms with Crippen LogP contribution in [0.25, 0.3) is 0 Å². The van der Waals surface area contributed by atoms with Gasteiger partial charge in [0.15, 0.2) is 5.78 Å². The highest BCUT2D eigenvalue weighted by Gasteiger charge is 2.34. The summed E-state index contributed by atoms with van der Waals surface area (Å²) in [5.74, 6) is -2.94. The molecule has 26 heavy (non-hydrogen) atoms. The number of amides is 1. The van der Waals surface area contributed by atoms with Crippen molar-refractivity contribution in [1.29, 1.82) is 0 Å².